The molecule has 0 unspecified atom stereocenters. The van der Waals surface area contributed by atoms with Crippen LogP contribution in [-0.4, -0.2) is 18.0 Å². The summed E-state index contributed by atoms with van der Waals surface area (Å²) in [6.45, 7) is 23.1. The van der Waals surface area contributed by atoms with Crippen molar-refractivity contribution in [3.05, 3.63) is 126 Å². The van der Waals surface area contributed by atoms with Gasteiger partial charge in [-0.15, -0.1) is 6.58 Å². The highest BCUT2D eigenvalue weighted by molar-refractivity contribution is 7.97. The van der Waals surface area contributed by atoms with Gasteiger partial charge in [0.05, 0.1) is 12.3 Å². The monoisotopic (exact) mass is 593 g/mol. The van der Waals surface area contributed by atoms with Gasteiger partial charge in [0, 0.05) is 28.9 Å². The van der Waals surface area contributed by atoms with Gasteiger partial charge in [-0.25, -0.2) is 0 Å². The molecule has 4 heteroatoms. The lowest BCUT2D eigenvalue weighted by Crippen LogP contribution is -2.10. The van der Waals surface area contributed by atoms with Crippen molar-refractivity contribution < 1.29 is 0 Å². The van der Waals surface area contributed by atoms with E-state index < -0.39 is 0 Å². The normalized spacial score (nSPS) is 13.4. The lowest BCUT2D eigenvalue weighted by atomic mass is 9.87. The van der Waals surface area contributed by atoms with E-state index in [9.17, 15) is 0 Å². The van der Waals surface area contributed by atoms with Crippen molar-refractivity contribution in [2.45, 2.75) is 85.5 Å². The summed E-state index contributed by atoms with van der Waals surface area (Å²) in [4.78, 5) is 10.2. The molecule has 0 saturated carbocycles. The van der Waals surface area contributed by atoms with Crippen molar-refractivity contribution in [1.82, 2.24) is 4.72 Å². The van der Waals surface area contributed by atoms with Gasteiger partial charge in [-0.05, 0) is 90.1 Å². The molecule has 0 amide bonds. The van der Waals surface area contributed by atoms with Crippen LogP contribution in [0.25, 0.3) is 11.1 Å². The first-order valence-electron chi connectivity index (χ1n) is 15.4. The van der Waals surface area contributed by atoms with E-state index in [-0.39, 0.29) is 0 Å². The fourth-order valence-corrected chi connectivity index (χ4v) is 5.36. The Bertz CT molecular complexity index is 1440. The maximum atomic E-state index is 4.52. The molecule has 2 aliphatic rings. The highest BCUT2D eigenvalue weighted by Gasteiger charge is 2.15. The van der Waals surface area contributed by atoms with Gasteiger partial charge < -0.3 is 4.72 Å². The van der Waals surface area contributed by atoms with Crippen LogP contribution in [0.2, 0.25) is 0 Å². The number of nitrogens with zero attached hydrogens (tertiary/aromatic N) is 2. The third kappa shape index (κ3) is 10.5. The van der Waals surface area contributed by atoms with Gasteiger partial charge in [0.25, 0.3) is 0 Å². The van der Waals surface area contributed by atoms with E-state index in [1.54, 1.807) is 18.0 Å². The van der Waals surface area contributed by atoms with Gasteiger partial charge in [0.1, 0.15) is 0 Å². The minimum atomic E-state index is 0.293. The summed E-state index contributed by atoms with van der Waals surface area (Å²) in [5.74, 6) is 0. The standard InChI is InChI=1S/C24H25N3S.C10H14.C3H6.C2H6/c1-4-18-14-19(22-9-7-13-25-22)11-12-20(18)21-8-5-6-10-24(21)28-27-23-15-26-17(3)16(23)2;1-10(2,3)9-7-5-4-6-8-9;1-3-2;1-2/h5-8,10-14,27H,4,9,15H2,1-3H3;4-8H,1-3H3;3H,1H2,2H3;1-2H3. The maximum absolute atomic E-state index is 4.52. The van der Waals surface area contributed by atoms with E-state index in [0.717, 1.165) is 30.8 Å². The minimum absolute atomic E-state index is 0.293. The van der Waals surface area contributed by atoms with Crippen LogP contribution in [-0.2, 0) is 11.8 Å². The molecule has 0 saturated heterocycles. The summed E-state index contributed by atoms with van der Waals surface area (Å²) in [6.07, 6.45) is 7.68. The Hall–Kier alpha value is -3.63. The van der Waals surface area contributed by atoms with Crippen molar-refractivity contribution in [3.63, 3.8) is 0 Å². The second-order valence-electron chi connectivity index (χ2n) is 11.1. The summed E-state index contributed by atoms with van der Waals surface area (Å²) < 4.78 is 3.54. The average molecular weight is 594 g/mol. The first kappa shape index (κ1) is 35.6. The van der Waals surface area contributed by atoms with Crippen molar-refractivity contribution in [2.75, 3.05) is 6.54 Å². The number of benzene rings is 3. The molecular formula is C39H51N3S. The van der Waals surface area contributed by atoms with E-state index in [4.69, 9.17) is 0 Å². The molecule has 43 heavy (non-hydrogen) atoms. The largest absolute Gasteiger partial charge is 0.327 e. The van der Waals surface area contributed by atoms with E-state index in [0.29, 0.717) is 5.41 Å². The lowest BCUT2D eigenvalue weighted by Gasteiger charge is -2.18. The predicted octanol–water partition coefficient (Wildman–Crippen LogP) is 11.2. The minimum Gasteiger partial charge on any atom is -0.327 e. The molecule has 3 aromatic carbocycles. The number of aryl methyl sites for hydroxylation is 1. The summed E-state index contributed by atoms with van der Waals surface area (Å²) >= 11 is 1.68. The Balaban J connectivity index is 0.000000358. The molecular weight excluding hydrogens is 543 g/mol. The number of allylic oxidation sites excluding steroid dienone is 3. The third-order valence-electron chi connectivity index (χ3n) is 7.04. The molecule has 0 spiro atoms. The van der Waals surface area contributed by atoms with Crippen LogP contribution in [0.4, 0.5) is 0 Å². The molecule has 3 aromatic rings. The summed E-state index contributed by atoms with van der Waals surface area (Å²) in [7, 11) is 0. The second kappa shape index (κ2) is 18.1. The molecule has 5 rings (SSSR count). The van der Waals surface area contributed by atoms with Gasteiger partial charge >= 0.3 is 0 Å². The number of rotatable bonds is 6. The van der Waals surface area contributed by atoms with E-state index in [1.807, 2.05) is 27.0 Å². The zero-order valence-corrected chi connectivity index (χ0v) is 28.6. The average Bonchev–Trinajstić information content (AvgIpc) is 3.68. The molecule has 228 valence electrons. The molecule has 0 radical (unpaired) electrons. The maximum Gasteiger partial charge on any atom is 0.0801 e. The Morgan fingerprint density at radius 1 is 0.930 bits per heavy atom. The number of aliphatic imine (C=N–C) groups is 2. The molecule has 2 heterocycles. The number of hydrogen-bond donors (Lipinski definition) is 1. The van der Waals surface area contributed by atoms with Gasteiger partial charge in [0.15, 0.2) is 0 Å². The zero-order valence-electron chi connectivity index (χ0n) is 27.8. The Kier molecular flexibility index (Phi) is 15.0. The second-order valence-corrected chi connectivity index (χ2v) is 12.0. The van der Waals surface area contributed by atoms with Crippen molar-refractivity contribution in [2.24, 2.45) is 9.98 Å². The van der Waals surface area contributed by atoms with Crippen molar-refractivity contribution >= 4 is 23.4 Å². The molecule has 0 aromatic heterocycles. The summed E-state index contributed by atoms with van der Waals surface area (Å²) in [5.41, 5.74) is 11.6. The topological polar surface area (TPSA) is 36.8 Å². The van der Waals surface area contributed by atoms with Crippen LogP contribution in [0.15, 0.2) is 124 Å². The Labute approximate surface area is 266 Å². The quantitative estimate of drug-likeness (QED) is 0.228. The highest BCUT2D eigenvalue weighted by Crippen LogP contribution is 2.34. The van der Waals surface area contributed by atoms with Crippen molar-refractivity contribution in [3.8, 4) is 11.1 Å². The van der Waals surface area contributed by atoms with Crippen LogP contribution in [0.3, 0.4) is 0 Å². The van der Waals surface area contributed by atoms with E-state index in [1.165, 1.54) is 44.0 Å². The predicted molar refractivity (Wildman–Crippen MR) is 194 cm³/mol. The molecule has 2 aliphatic heterocycles. The molecule has 0 aliphatic carbocycles. The molecule has 3 nitrogen and oxygen atoms in total. The van der Waals surface area contributed by atoms with Gasteiger partial charge in [-0.2, -0.15) is 0 Å². The zero-order chi connectivity index (χ0) is 31.8. The van der Waals surface area contributed by atoms with Crippen LogP contribution in [0.1, 0.15) is 85.4 Å². The van der Waals surface area contributed by atoms with Crippen LogP contribution in [0, 0.1) is 0 Å². The summed E-state index contributed by atoms with van der Waals surface area (Å²) in [6, 6.07) is 25.9. The lowest BCUT2D eigenvalue weighted by molar-refractivity contribution is 0.590. The SMILES string of the molecule is C=CC.CC.CC(C)(C)c1ccccc1.CCc1cc(C2=NC=CC2)ccc1-c1ccccc1SNC1=C(C)C(C)=NC1. The summed E-state index contributed by atoms with van der Waals surface area (Å²) in [5, 5.41) is 0. The fourth-order valence-electron chi connectivity index (χ4n) is 4.48. The van der Waals surface area contributed by atoms with Gasteiger partial charge in [-0.1, -0.05) is 114 Å². The first-order chi connectivity index (χ1) is 20.7. The van der Waals surface area contributed by atoms with Gasteiger partial charge in [-0.3, -0.25) is 9.98 Å². The van der Waals surface area contributed by atoms with Gasteiger partial charge in [0.2, 0.25) is 0 Å². The Morgan fingerprint density at radius 2 is 1.58 bits per heavy atom. The highest BCUT2D eigenvalue weighted by atomic mass is 32.2. The van der Waals surface area contributed by atoms with E-state index in [2.05, 4.69) is 142 Å². The molecule has 1 N–H and O–H groups in total. The Morgan fingerprint density at radius 3 is 2.12 bits per heavy atom. The van der Waals surface area contributed by atoms with Crippen LogP contribution in [0.5, 0.6) is 0 Å². The molecule has 0 bridgehead atoms. The fraction of sp³-hybridized carbons (Fsp3) is 0.333. The van der Waals surface area contributed by atoms with Crippen LogP contribution < -0.4 is 4.72 Å². The van der Waals surface area contributed by atoms with Crippen molar-refractivity contribution in [1.29, 1.82) is 0 Å². The van der Waals surface area contributed by atoms with Crippen LogP contribution >= 0.6 is 11.9 Å². The third-order valence-corrected chi connectivity index (χ3v) is 7.96. The first-order valence-corrected chi connectivity index (χ1v) is 16.2. The number of nitrogens with one attached hydrogen (secondary N) is 1. The number of hydrogen-bond acceptors (Lipinski definition) is 4. The van der Waals surface area contributed by atoms with E-state index >= 15 is 0 Å². The molecule has 0 atom stereocenters. The smallest absolute Gasteiger partial charge is 0.0801 e. The molecule has 0 fully saturated rings.